The molecule has 20 heavy (non-hydrogen) atoms. The van der Waals surface area contributed by atoms with E-state index in [1.165, 1.54) is 5.56 Å². The van der Waals surface area contributed by atoms with E-state index in [-0.39, 0.29) is 18.1 Å². The van der Waals surface area contributed by atoms with Crippen LogP contribution in [0.25, 0.3) is 0 Å². The molecule has 1 aliphatic heterocycles. The Labute approximate surface area is 120 Å². The van der Waals surface area contributed by atoms with Crippen LogP contribution in [0.3, 0.4) is 0 Å². The number of nitrogens with zero attached hydrogens (tertiary/aromatic N) is 3. The van der Waals surface area contributed by atoms with E-state index in [1.807, 2.05) is 37.4 Å². The van der Waals surface area contributed by atoms with Crippen molar-refractivity contribution in [3.8, 4) is 0 Å². The molecule has 1 fully saturated rings. The molecular weight excluding hydrogens is 254 g/mol. The van der Waals surface area contributed by atoms with E-state index in [0.717, 1.165) is 17.8 Å². The summed E-state index contributed by atoms with van der Waals surface area (Å²) in [7, 11) is 1.94. The molecule has 1 saturated heterocycles. The first kappa shape index (κ1) is 15.0. The summed E-state index contributed by atoms with van der Waals surface area (Å²) >= 11 is 0. The van der Waals surface area contributed by atoms with Crippen molar-refractivity contribution >= 4 is 5.91 Å². The maximum atomic E-state index is 12.3. The van der Waals surface area contributed by atoms with Gasteiger partial charge in [0.1, 0.15) is 0 Å². The third-order valence-electron chi connectivity index (χ3n) is 4.02. The Kier molecular flexibility index (Phi) is 4.48. The number of ether oxygens (including phenoxy) is 1. The van der Waals surface area contributed by atoms with E-state index in [4.69, 9.17) is 4.74 Å². The second kappa shape index (κ2) is 5.95. The summed E-state index contributed by atoms with van der Waals surface area (Å²) in [6, 6.07) is 0. The fourth-order valence-electron chi connectivity index (χ4n) is 2.95. The molecule has 1 amide bonds. The van der Waals surface area contributed by atoms with E-state index < -0.39 is 0 Å². The maximum absolute atomic E-state index is 12.3. The minimum Gasteiger partial charge on any atom is -0.372 e. The predicted molar refractivity (Wildman–Crippen MR) is 77.6 cm³/mol. The van der Waals surface area contributed by atoms with Gasteiger partial charge in [0.25, 0.3) is 0 Å². The summed E-state index contributed by atoms with van der Waals surface area (Å²) < 4.78 is 7.55. The molecule has 0 N–H and O–H groups in total. The van der Waals surface area contributed by atoms with Gasteiger partial charge in [0, 0.05) is 32.3 Å². The number of carbonyl (C=O) groups excluding carboxylic acids is 1. The quantitative estimate of drug-likeness (QED) is 0.844. The highest BCUT2D eigenvalue weighted by atomic mass is 16.5. The summed E-state index contributed by atoms with van der Waals surface area (Å²) in [5.41, 5.74) is 3.38. The first-order chi connectivity index (χ1) is 9.38. The third kappa shape index (κ3) is 3.20. The largest absolute Gasteiger partial charge is 0.372 e. The molecular formula is C15H25N3O2. The zero-order chi connectivity index (χ0) is 14.9. The van der Waals surface area contributed by atoms with Crippen LogP contribution in [-0.4, -0.2) is 45.9 Å². The fraction of sp³-hybridized carbons (Fsp3) is 0.733. The van der Waals surface area contributed by atoms with Gasteiger partial charge in [0.15, 0.2) is 0 Å². The summed E-state index contributed by atoms with van der Waals surface area (Å²) in [5.74, 6) is 0.217. The number of carbonyl (C=O) groups is 1. The molecule has 0 bridgehead atoms. The predicted octanol–water partition coefficient (Wildman–Crippen LogP) is 1.61. The van der Waals surface area contributed by atoms with Crippen LogP contribution >= 0.6 is 0 Å². The van der Waals surface area contributed by atoms with E-state index >= 15 is 0 Å². The second-order valence-corrected chi connectivity index (χ2v) is 5.83. The molecule has 2 atom stereocenters. The van der Waals surface area contributed by atoms with Crippen LogP contribution in [0.4, 0.5) is 0 Å². The highest BCUT2D eigenvalue weighted by molar-refractivity contribution is 5.76. The van der Waals surface area contributed by atoms with Gasteiger partial charge in [0.05, 0.1) is 17.9 Å². The fourth-order valence-corrected chi connectivity index (χ4v) is 2.95. The lowest BCUT2D eigenvalue weighted by Gasteiger charge is -2.35. The highest BCUT2D eigenvalue weighted by Crippen LogP contribution is 2.16. The number of hydrogen-bond donors (Lipinski definition) is 0. The summed E-state index contributed by atoms with van der Waals surface area (Å²) in [6.45, 7) is 9.50. The van der Waals surface area contributed by atoms with Crippen LogP contribution in [0.5, 0.6) is 0 Å². The molecule has 2 unspecified atom stereocenters. The van der Waals surface area contributed by atoms with E-state index in [1.54, 1.807) is 0 Å². The average molecular weight is 279 g/mol. The van der Waals surface area contributed by atoms with Gasteiger partial charge in [-0.05, 0) is 39.7 Å². The molecule has 112 valence electrons. The molecule has 0 aromatic carbocycles. The van der Waals surface area contributed by atoms with E-state index in [0.29, 0.717) is 19.5 Å². The van der Waals surface area contributed by atoms with Crippen molar-refractivity contribution in [3.63, 3.8) is 0 Å². The SMILES string of the molecule is Cc1nn(C)c(C)c1CCC(=O)N1CC(C)OC(C)C1. The van der Waals surface area contributed by atoms with Crippen molar-refractivity contribution in [1.29, 1.82) is 0 Å². The van der Waals surface area contributed by atoms with E-state index in [9.17, 15) is 4.79 Å². The molecule has 0 spiro atoms. The lowest BCUT2D eigenvalue weighted by atomic mass is 10.1. The van der Waals surface area contributed by atoms with Crippen molar-refractivity contribution in [3.05, 3.63) is 17.0 Å². The Morgan fingerprint density at radius 3 is 2.40 bits per heavy atom. The van der Waals surface area contributed by atoms with Crippen molar-refractivity contribution in [2.24, 2.45) is 7.05 Å². The van der Waals surface area contributed by atoms with Crippen LogP contribution < -0.4 is 0 Å². The minimum atomic E-state index is 0.129. The first-order valence-electron chi connectivity index (χ1n) is 7.30. The van der Waals surface area contributed by atoms with E-state index in [2.05, 4.69) is 12.0 Å². The number of amides is 1. The topological polar surface area (TPSA) is 47.4 Å². The van der Waals surface area contributed by atoms with Gasteiger partial charge in [-0.15, -0.1) is 0 Å². The lowest BCUT2D eigenvalue weighted by molar-refractivity contribution is -0.143. The zero-order valence-electron chi connectivity index (χ0n) is 13.1. The van der Waals surface area contributed by atoms with Gasteiger partial charge in [-0.2, -0.15) is 5.10 Å². The molecule has 5 nitrogen and oxygen atoms in total. The molecule has 1 aliphatic rings. The Morgan fingerprint density at radius 1 is 1.30 bits per heavy atom. The summed E-state index contributed by atoms with van der Waals surface area (Å²) in [4.78, 5) is 14.3. The van der Waals surface area contributed by atoms with Crippen LogP contribution in [0.2, 0.25) is 0 Å². The van der Waals surface area contributed by atoms with Crippen molar-refractivity contribution < 1.29 is 9.53 Å². The first-order valence-corrected chi connectivity index (χ1v) is 7.30. The summed E-state index contributed by atoms with van der Waals surface area (Å²) in [5, 5.41) is 4.40. The number of hydrogen-bond acceptors (Lipinski definition) is 3. The molecule has 0 saturated carbocycles. The Bertz CT molecular complexity index is 486. The smallest absolute Gasteiger partial charge is 0.223 e. The Hall–Kier alpha value is -1.36. The number of rotatable bonds is 3. The Morgan fingerprint density at radius 2 is 1.90 bits per heavy atom. The van der Waals surface area contributed by atoms with Crippen molar-refractivity contribution in [2.45, 2.75) is 52.7 Å². The van der Waals surface area contributed by atoms with Gasteiger partial charge < -0.3 is 9.64 Å². The zero-order valence-corrected chi connectivity index (χ0v) is 13.1. The van der Waals surface area contributed by atoms with Crippen LogP contribution in [0.1, 0.15) is 37.2 Å². The molecule has 1 aromatic rings. The highest BCUT2D eigenvalue weighted by Gasteiger charge is 2.25. The normalized spacial score (nSPS) is 23.1. The molecule has 2 heterocycles. The third-order valence-corrected chi connectivity index (χ3v) is 4.02. The van der Waals surface area contributed by atoms with Crippen LogP contribution in [0, 0.1) is 13.8 Å². The van der Waals surface area contributed by atoms with Gasteiger partial charge in [-0.25, -0.2) is 0 Å². The minimum absolute atomic E-state index is 0.129. The van der Waals surface area contributed by atoms with Gasteiger partial charge in [-0.3, -0.25) is 9.48 Å². The standard InChI is InChI=1S/C15H25N3O2/c1-10-8-18(9-11(2)20-10)15(19)7-6-14-12(3)16-17(5)13(14)4/h10-11H,6-9H2,1-5H3. The van der Waals surface area contributed by atoms with Gasteiger partial charge in [-0.1, -0.05) is 0 Å². The lowest BCUT2D eigenvalue weighted by Crippen LogP contribution is -2.48. The summed E-state index contributed by atoms with van der Waals surface area (Å²) in [6.07, 6.45) is 1.58. The van der Waals surface area contributed by atoms with Crippen molar-refractivity contribution in [1.82, 2.24) is 14.7 Å². The van der Waals surface area contributed by atoms with Gasteiger partial charge in [0.2, 0.25) is 5.91 Å². The molecule has 2 rings (SSSR count). The molecule has 0 radical (unpaired) electrons. The van der Waals surface area contributed by atoms with Gasteiger partial charge >= 0.3 is 0 Å². The van der Waals surface area contributed by atoms with Crippen LogP contribution in [-0.2, 0) is 23.0 Å². The van der Waals surface area contributed by atoms with Crippen molar-refractivity contribution in [2.75, 3.05) is 13.1 Å². The maximum Gasteiger partial charge on any atom is 0.223 e. The second-order valence-electron chi connectivity index (χ2n) is 5.83. The molecule has 1 aromatic heterocycles. The molecule has 5 heteroatoms. The number of morpholine rings is 1. The van der Waals surface area contributed by atoms with Crippen LogP contribution in [0.15, 0.2) is 0 Å². The number of aromatic nitrogens is 2. The number of aryl methyl sites for hydroxylation is 2. The Balaban J connectivity index is 1.95. The average Bonchev–Trinajstić information content (AvgIpc) is 2.60. The monoisotopic (exact) mass is 279 g/mol. The molecule has 0 aliphatic carbocycles.